The minimum Gasteiger partial charge on any atom is -0.349 e. The molecule has 1 aromatic rings. The van der Waals surface area contributed by atoms with Crippen LogP contribution in [0.25, 0.3) is 0 Å². The van der Waals surface area contributed by atoms with Gasteiger partial charge >= 0.3 is 0 Å². The summed E-state index contributed by atoms with van der Waals surface area (Å²) in [4.78, 5) is 17.3. The molecule has 0 aromatic heterocycles. The third-order valence-electron chi connectivity index (χ3n) is 5.91. The molecule has 0 aliphatic carbocycles. The van der Waals surface area contributed by atoms with Crippen LogP contribution in [0.3, 0.4) is 0 Å². The van der Waals surface area contributed by atoms with Crippen molar-refractivity contribution in [2.24, 2.45) is 0 Å². The van der Waals surface area contributed by atoms with Gasteiger partial charge < -0.3 is 15.1 Å². The summed E-state index contributed by atoms with van der Waals surface area (Å²) in [6.07, 6.45) is 4.15. The molecule has 26 heavy (non-hydrogen) atoms. The summed E-state index contributed by atoms with van der Waals surface area (Å²) in [7, 11) is 0. The lowest BCUT2D eigenvalue weighted by Crippen LogP contribution is -2.54. The molecule has 2 aliphatic rings. The number of halogens is 1. The molecule has 2 fully saturated rings. The minimum atomic E-state index is -1.71. The van der Waals surface area contributed by atoms with Gasteiger partial charge in [0, 0.05) is 38.5 Å². The maximum Gasteiger partial charge on any atom is 0.258 e. The quantitative estimate of drug-likeness (QED) is 0.846. The van der Waals surface area contributed by atoms with Crippen LogP contribution in [-0.2, 0) is 11.3 Å². The van der Waals surface area contributed by atoms with Crippen molar-refractivity contribution in [2.45, 2.75) is 57.3 Å². The second-order valence-electron chi connectivity index (χ2n) is 7.74. The van der Waals surface area contributed by atoms with Crippen LogP contribution in [0.15, 0.2) is 30.3 Å². The summed E-state index contributed by atoms with van der Waals surface area (Å²) >= 11 is 0. The summed E-state index contributed by atoms with van der Waals surface area (Å²) in [5.74, 6) is -0.446. The van der Waals surface area contributed by atoms with Gasteiger partial charge in [-0.15, -0.1) is 0 Å². The van der Waals surface area contributed by atoms with Crippen molar-refractivity contribution in [3.05, 3.63) is 35.9 Å². The molecule has 4 nitrogen and oxygen atoms in total. The SMILES string of the molecule is CCCN1CCC(N2CCC(F)(C(=O)NCc3ccccc3)CC2)CC1. The Morgan fingerprint density at radius 3 is 2.42 bits per heavy atom. The van der Waals surface area contributed by atoms with E-state index in [4.69, 9.17) is 0 Å². The van der Waals surface area contributed by atoms with Crippen LogP contribution < -0.4 is 5.32 Å². The molecule has 5 heteroatoms. The van der Waals surface area contributed by atoms with Crippen molar-refractivity contribution < 1.29 is 9.18 Å². The first-order valence-electron chi connectivity index (χ1n) is 10.1. The maximum atomic E-state index is 15.1. The van der Waals surface area contributed by atoms with Crippen LogP contribution in [-0.4, -0.2) is 60.1 Å². The van der Waals surface area contributed by atoms with E-state index in [9.17, 15) is 4.79 Å². The number of carbonyl (C=O) groups is 1. The Hall–Kier alpha value is -1.46. The van der Waals surface area contributed by atoms with E-state index >= 15 is 4.39 Å². The molecular formula is C21H32FN3O. The molecule has 1 amide bonds. The van der Waals surface area contributed by atoms with Gasteiger partial charge in [0.25, 0.3) is 5.91 Å². The molecule has 0 unspecified atom stereocenters. The van der Waals surface area contributed by atoms with Gasteiger partial charge in [-0.1, -0.05) is 37.3 Å². The predicted molar refractivity (Wildman–Crippen MR) is 103 cm³/mol. The number of carbonyl (C=O) groups excluding carboxylic acids is 1. The summed E-state index contributed by atoms with van der Waals surface area (Å²) in [5.41, 5.74) is -0.713. The lowest BCUT2D eigenvalue weighted by atomic mass is 9.90. The Balaban J connectivity index is 1.44. The number of rotatable bonds is 6. The second kappa shape index (κ2) is 8.96. The molecular weight excluding hydrogens is 329 g/mol. The average Bonchev–Trinajstić information content (AvgIpc) is 2.68. The molecule has 2 saturated heterocycles. The Kier molecular flexibility index (Phi) is 6.65. The first-order chi connectivity index (χ1) is 12.6. The first kappa shape index (κ1) is 19.3. The normalized spacial score (nSPS) is 22.2. The molecule has 1 aromatic carbocycles. The monoisotopic (exact) mass is 361 g/mol. The molecule has 144 valence electrons. The van der Waals surface area contributed by atoms with E-state index in [0.29, 0.717) is 38.5 Å². The zero-order valence-electron chi connectivity index (χ0n) is 15.9. The standard InChI is InChI=1S/C21H32FN3O/c1-2-12-24-13-8-19(9-14-24)25-15-10-21(22,11-16-25)20(26)23-17-18-6-4-3-5-7-18/h3-7,19H,2,8-17H2,1H3,(H,23,26). The molecule has 0 spiro atoms. The van der Waals surface area contributed by atoms with Crippen LogP contribution in [0.5, 0.6) is 0 Å². The Labute approximate surface area is 156 Å². The summed E-state index contributed by atoms with van der Waals surface area (Å²) in [5, 5.41) is 2.78. The minimum absolute atomic E-state index is 0.308. The van der Waals surface area contributed by atoms with Crippen molar-refractivity contribution in [3.8, 4) is 0 Å². The third kappa shape index (κ3) is 4.83. The van der Waals surface area contributed by atoms with Gasteiger partial charge in [-0.25, -0.2) is 4.39 Å². The summed E-state index contributed by atoms with van der Waals surface area (Å²) in [6.45, 7) is 7.47. The third-order valence-corrected chi connectivity index (χ3v) is 5.91. The van der Waals surface area contributed by atoms with E-state index in [1.54, 1.807) is 0 Å². The van der Waals surface area contributed by atoms with Crippen molar-refractivity contribution in [2.75, 3.05) is 32.7 Å². The Morgan fingerprint density at radius 2 is 1.81 bits per heavy atom. The van der Waals surface area contributed by atoms with E-state index in [-0.39, 0.29) is 0 Å². The number of hydrogen-bond acceptors (Lipinski definition) is 3. The molecule has 0 saturated carbocycles. The molecule has 2 aliphatic heterocycles. The van der Waals surface area contributed by atoms with Crippen LogP contribution in [0, 0.1) is 0 Å². The number of hydrogen-bond donors (Lipinski definition) is 1. The highest BCUT2D eigenvalue weighted by molar-refractivity contribution is 5.85. The first-order valence-corrected chi connectivity index (χ1v) is 10.1. The molecule has 0 bridgehead atoms. The van der Waals surface area contributed by atoms with Crippen LogP contribution in [0.4, 0.5) is 4.39 Å². The number of likely N-dealkylation sites (tertiary alicyclic amines) is 2. The fourth-order valence-corrected chi connectivity index (χ4v) is 4.23. The molecule has 1 N–H and O–H groups in total. The van der Waals surface area contributed by atoms with Gasteiger partial charge in [0.15, 0.2) is 5.67 Å². The van der Waals surface area contributed by atoms with E-state index in [2.05, 4.69) is 22.0 Å². The zero-order chi connectivity index (χ0) is 18.4. The van der Waals surface area contributed by atoms with Gasteiger partial charge in [0.1, 0.15) is 0 Å². The van der Waals surface area contributed by atoms with Crippen LogP contribution in [0.2, 0.25) is 0 Å². The fraction of sp³-hybridized carbons (Fsp3) is 0.667. The highest BCUT2D eigenvalue weighted by Gasteiger charge is 2.42. The van der Waals surface area contributed by atoms with E-state index in [0.717, 1.165) is 18.7 Å². The fourth-order valence-electron chi connectivity index (χ4n) is 4.23. The van der Waals surface area contributed by atoms with Gasteiger partial charge in [-0.2, -0.15) is 0 Å². The predicted octanol–water partition coefficient (Wildman–Crippen LogP) is 2.98. The lowest BCUT2D eigenvalue weighted by molar-refractivity contribution is -0.136. The largest absolute Gasteiger partial charge is 0.349 e. The van der Waals surface area contributed by atoms with Gasteiger partial charge in [-0.05, 0) is 44.5 Å². The molecule has 0 atom stereocenters. The number of amides is 1. The number of piperidine rings is 2. The number of nitrogens with one attached hydrogen (secondary N) is 1. The van der Waals surface area contributed by atoms with Crippen LogP contribution >= 0.6 is 0 Å². The van der Waals surface area contributed by atoms with Gasteiger partial charge in [0.05, 0.1) is 0 Å². The number of nitrogens with zero attached hydrogens (tertiary/aromatic N) is 2. The van der Waals surface area contributed by atoms with Crippen molar-refractivity contribution >= 4 is 5.91 Å². The topological polar surface area (TPSA) is 35.6 Å². The van der Waals surface area contributed by atoms with Crippen molar-refractivity contribution in [1.82, 2.24) is 15.1 Å². The highest BCUT2D eigenvalue weighted by Crippen LogP contribution is 2.30. The summed E-state index contributed by atoms with van der Waals surface area (Å²) < 4.78 is 15.1. The highest BCUT2D eigenvalue weighted by atomic mass is 19.1. The van der Waals surface area contributed by atoms with Crippen molar-refractivity contribution in [1.29, 1.82) is 0 Å². The van der Waals surface area contributed by atoms with E-state index in [1.165, 1.54) is 25.8 Å². The lowest BCUT2D eigenvalue weighted by Gasteiger charge is -2.43. The van der Waals surface area contributed by atoms with Crippen LogP contribution in [0.1, 0.15) is 44.6 Å². The van der Waals surface area contributed by atoms with E-state index in [1.807, 2.05) is 30.3 Å². The maximum absolute atomic E-state index is 15.1. The van der Waals surface area contributed by atoms with E-state index < -0.39 is 11.6 Å². The zero-order valence-corrected chi connectivity index (χ0v) is 15.9. The smallest absolute Gasteiger partial charge is 0.258 e. The number of alkyl halides is 1. The van der Waals surface area contributed by atoms with Gasteiger partial charge in [0.2, 0.25) is 0 Å². The second-order valence-corrected chi connectivity index (χ2v) is 7.74. The number of benzene rings is 1. The molecule has 2 heterocycles. The molecule has 0 radical (unpaired) electrons. The Morgan fingerprint density at radius 1 is 1.15 bits per heavy atom. The molecule has 3 rings (SSSR count). The average molecular weight is 362 g/mol. The Bertz CT molecular complexity index is 564. The van der Waals surface area contributed by atoms with Gasteiger partial charge in [-0.3, -0.25) is 4.79 Å². The summed E-state index contributed by atoms with van der Waals surface area (Å²) in [6, 6.07) is 10.2. The van der Waals surface area contributed by atoms with Crippen molar-refractivity contribution in [3.63, 3.8) is 0 Å².